The molecular weight excluding hydrogens is 446 g/mol. The van der Waals surface area contributed by atoms with E-state index in [-0.39, 0.29) is 18.6 Å². The van der Waals surface area contributed by atoms with Gasteiger partial charge in [0, 0.05) is 31.3 Å². The van der Waals surface area contributed by atoms with Gasteiger partial charge >= 0.3 is 6.09 Å². The Kier molecular flexibility index (Phi) is 6.27. The molecule has 0 aliphatic carbocycles. The molecule has 1 spiro atoms. The summed E-state index contributed by atoms with van der Waals surface area (Å²) in [6.45, 7) is 2.09. The number of hydrogen-bond donors (Lipinski definition) is 0. The maximum atomic E-state index is 13.3. The average molecular weight is 474 g/mol. The molecule has 180 valence electrons. The molecule has 2 fully saturated rings. The van der Waals surface area contributed by atoms with E-state index in [1.54, 1.807) is 41.3 Å². The fraction of sp³-hybridized carbons (Fsp3) is 0.296. The highest BCUT2D eigenvalue weighted by Gasteiger charge is 2.50. The van der Waals surface area contributed by atoms with Gasteiger partial charge in [0.15, 0.2) is 17.1 Å². The molecule has 0 saturated carbocycles. The van der Waals surface area contributed by atoms with Crippen molar-refractivity contribution in [3.63, 3.8) is 0 Å². The van der Waals surface area contributed by atoms with E-state index in [2.05, 4.69) is 4.98 Å². The lowest BCUT2D eigenvalue weighted by molar-refractivity contribution is 0.0552. The van der Waals surface area contributed by atoms with Crippen LogP contribution in [0.1, 0.15) is 28.0 Å². The molecule has 0 bridgehead atoms. The van der Waals surface area contributed by atoms with Crippen LogP contribution in [0.2, 0.25) is 0 Å². The minimum atomic E-state index is -0.674. The van der Waals surface area contributed by atoms with Crippen molar-refractivity contribution in [1.29, 1.82) is 0 Å². The highest BCUT2D eigenvalue weighted by atomic mass is 16.6. The Labute approximate surface area is 204 Å². The zero-order valence-corrected chi connectivity index (χ0v) is 19.6. The van der Waals surface area contributed by atoms with Crippen LogP contribution >= 0.6 is 0 Å². The molecule has 1 unspecified atom stereocenters. The summed E-state index contributed by atoms with van der Waals surface area (Å²) >= 11 is 0. The highest BCUT2D eigenvalue weighted by molar-refractivity contribution is 5.95. The lowest BCUT2D eigenvalue weighted by Gasteiger charge is -2.22. The van der Waals surface area contributed by atoms with Gasteiger partial charge in [-0.05, 0) is 35.9 Å². The number of nitrogens with zero attached hydrogens (tertiary/aromatic N) is 3. The van der Waals surface area contributed by atoms with Gasteiger partial charge in [-0.25, -0.2) is 4.79 Å². The molecule has 2 amide bonds. The molecule has 2 aromatic carbocycles. The van der Waals surface area contributed by atoms with E-state index < -0.39 is 5.60 Å². The van der Waals surface area contributed by atoms with Crippen LogP contribution in [-0.4, -0.2) is 59.1 Å². The van der Waals surface area contributed by atoms with Crippen molar-refractivity contribution >= 4 is 12.0 Å². The molecule has 3 heterocycles. The Balaban J connectivity index is 1.26. The molecule has 1 aromatic heterocycles. The maximum Gasteiger partial charge on any atom is 0.410 e. The minimum absolute atomic E-state index is 0.134. The third kappa shape index (κ3) is 4.91. The Bertz CT molecular complexity index is 1200. The Morgan fingerprint density at radius 2 is 1.89 bits per heavy atom. The molecule has 5 rings (SSSR count). The lowest BCUT2D eigenvalue weighted by atomic mass is 10.0. The minimum Gasteiger partial charge on any atom is -0.493 e. The number of hydrogen-bond acceptors (Lipinski definition) is 6. The van der Waals surface area contributed by atoms with Gasteiger partial charge < -0.3 is 19.1 Å². The summed E-state index contributed by atoms with van der Waals surface area (Å²) in [5.74, 6) is 0.876. The Morgan fingerprint density at radius 3 is 2.66 bits per heavy atom. The second-order valence-corrected chi connectivity index (χ2v) is 8.84. The fourth-order valence-corrected chi connectivity index (χ4v) is 4.59. The summed E-state index contributed by atoms with van der Waals surface area (Å²) in [5.41, 5.74) is 1.64. The van der Waals surface area contributed by atoms with Crippen molar-refractivity contribution < 1.29 is 23.8 Å². The van der Waals surface area contributed by atoms with Gasteiger partial charge in [-0.1, -0.05) is 36.4 Å². The predicted molar refractivity (Wildman–Crippen MR) is 128 cm³/mol. The van der Waals surface area contributed by atoms with E-state index in [1.807, 2.05) is 48.5 Å². The van der Waals surface area contributed by atoms with Gasteiger partial charge in [0.1, 0.15) is 6.61 Å². The number of ether oxygens (including phenoxy) is 3. The Hall–Kier alpha value is -4.07. The van der Waals surface area contributed by atoms with Crippen molar-refractivity contribution in [3.8, 4) is 11.5 Å². The van der Waals surface area contributed by atoms with Gasteiger partial charge in [0.2, 0.25) is 0 Å². The number of amides is 2. The van der Waals surface area contributed by atoms with Crippen LogP contribution in [0.15, 0.2) is 72.9 Å². The highest BCUT2D eigenvalue weighted by Crippen LogP contribution is 2.35. The van der Waals surface area contributed by atoms with Crippen LogP contribution in [0.3, 0.4) is 0 Å². The fourth-order valence-electron chi connectivity index (χ4n) is 4.59. The molecule has 2 saturated heterocycles. The second kappa shape index (κ2) is 9.66. The standard InChI is InChI=1S/C27H27N3O5/c1-33-23-11-10-21(15-24(23)34-17-22-9-5-6-13-28-22)25(31)29-14-12-27(18-29)19-30(26(32)35-27)16-20-7-3-2-4-8-20/h2-11,13,15H,12,14,16-19H2,1H3. The summed E-state index contributed by atoms with van der Waals surface area (Å²) in [6.07, 6.45) is 1.98. The average Bonchev–Trinajstić information content (AvgIpc) is 3.44. The molecule has 0 N–H and O–H groups in total. The lowest BCUT2D eigenvalue weighted by Crippen LogP contribution is -2.39. The van der Waals surface area contributed by atoms with Crippen LogP contribution in [0.5, 0.6) is 11.5 Å². The quantitative estimate of drug-likeness (QED) is 0.518. The number of pyridine rings is 1. The number of carbonyl (C=O) groups excluding carboxylic acids is 2. The first-order valence-corrected chi connectivity index (χ1v) is 11.6. The van der Waals surface area contributed by atoms with E-state index in [0.717, 1.165) is 11.3 Å². The van der Waals surface area contributed by atoms with E-state index in [4.69, 9.17) is 14.2 Å². The number of methoxy groups -OCH3 is 1. The second-order valence-electron chi connectivity index (χ2n) is 8.84. The van der Waals surface area contributed by atoms with Gasteiger partial charge in [-0.2, -0.15) is 0 Å². The number of benzene rings is 2. The first-order valence-electron chi connectivity index (χ1n) is 11.6. The normalized spacial score (nSPS) is 19.2. The maximum absolute atomic E-state index is 13.3. The number of likely N-dealkylation sites (tertiary alicyclic amines) is 1. The third-order valence-corrected chi connectivity index (χ3v) is 6.37. The summed E-state index contributed by atoms with van der Waals surface area (Å²) < 4.78 is 17.1. The summed E-state index contributed by atoms with van der Waals surface area (Å²) in [7, 11) is 1.56. The van der Waals surface area contributed by atoms with Crippen LogP contribution in [0.4, 0.5) is 4.79 Å². The molecule has 3 aromatic rings. The summed E-state index contributed by atoms with van der Waals surface area (Å²) in [5, 5.41) is 0. The molecular formula is C27H27N3O5. The van der Waals surface area contributed by atoms with Crippen molar-refractivity contribution in [2.45, 2.75) is 25.2 Å². The third-order valence-electron chi connectivity index (χ3n) is 6.37. The summed E-state index contributed by atoms with van der Waals surface area (Å²) in [6, 6.07) is 20.6. The van der Waals surface area contributed by atoms with Crippen molar-refractivity contribution in [2.75, 3.05) is 26.7 Å². The van der Waals surface area contributed by atoms with Crippen molar-refractivity contribution in [3.05, 3.63) is 89.7 Å². The zero-order chi connectivity index (χ0) is 24.3. The SMILES string of the molecule is COc1ccc(C(=O)N2CCC3(CN(Cc4ccccc4)C(=O)O3)C2)cc1OCc1ccccn1. The van der Waals surface area contributed by atoms with Gasteiger partial charge in [-0.3, -0.25) is 14.7 Å². The first kappa shape index (κ1) is 22.7. The van der Waals surface area contributed by atoms with Gasteiger partial charge in [-0.15, -0.1) is 0 Å². The van der Waals surface area contributed by atoms with Crippen LogP contribution in [-0.2, 0) is 17.9 Å². The van der Waals surface area contributed by atoms with Crippen LogP contribution in [0.25, 0.3) is 0 Å². The van der Waals surface area contributed by atoms with Crippen molar-refractivity contribution in [2.24, 2.45) is 0 Å². The molecule has 2 aliphatic heterocycles. The molecule has 8 nitrogen and oxygen atoms in total. The van der Waals surface area contributed by atoms with E-state index >= 15 is 0 Å². The monoisotopic (exact) mass is 473 g/mol. The van der Waals surface area contributed by atoms with Crippen LogP contribution in [0, 0.1) is 0 Å². The van der Waals surface area contributed by atoms with Crippen LogP contribution < -0.4 is 9.47 Å². The predicted octanol–water partition coefficient (Wildman–Crippen LogP) is 3.91. The molecule has 0 radical (unpaired) electrons. The number of rotatable bonds is 7. The van der Waals surface area contributed by atoms with Crippen molar-refractivity contribution in [1.82, 2.24) is 14.8 Å². The smallest absolute Gasteiger partial charge is 0.410 e. The largest absolute Gasteiger partial charge is 0.493 e. The topological polar surface area (TPSA) is 81.2 Å². The molecule has 2 aliphatic rings. The summed E-state index contributed by atoms with van der Waals surface area (Å²) in [4.78, 5) is 33.6. The number of aromatic nitrogens is 1. The number of carbonyl (C=O) groups is 2. The molecule has 8 heteroatoms. The molecule has 35 heavy (non-hydrogen) atoms. The van der Waals surface area contributed by atoms with E-state index in [9.17, 15) is 9.59 Å². The van der Waals surface area contributed by atoms with E-state index in [1.165, 1.54) is 0 Å². The van der Waals surface area contributed by atoms with Gasteiger partial charge in [0.25, 0.3) is 5.91 Å². The zero-order valence-electron chi connectivity index (χ0n) is 19.6. The Morgan fingerprint density at radius 1 is 1.06 bits per heavy atom. The van der Waals surface area contributed by atoms with E-state index in [0.29, 0.717) is 49.7 Å². The first-order chi connectivity index (χ1) is 17.0. The van der Waals surface area contributed by atoms with Gasteiger partial charge in [0.05, 0.1) is 25.9 Å². The molecule has 1 atom stereocenters.